The molecular weight excluding hydrogens is 512 g/mol. The van der Waals surface area contributed by atoms with Gasteiger partial charge in [0.05, 0.1) is 17.1 Å². The van der Waals surface area contributed by atoms with Gasteiger partial charge in [0.15, 0.2) is 11.5 Å². The Morgan fingerprint density at radius 3 is 2.63 bits per heavy atom. The van der Waals surface area contributed by atoms with Gasteiger partial charge in [-0.2, -0.15) is 0 Å². The molecule has 2 bridgehead atoms. The summed E-state index contributed by atoms with van der Waals surface area (Å²) in [5.74, 6) is 2.99. The number of phenols is 1. The van der Waals surface area contributed by atoms with Crippen LogP contribution in [0, 0.1) is 17.8 Å². The van der Waals surface area contributed by atoms with Gasteiger partial charge in [-0.3, -0.25) is 9.69 Å². The average molecular weight is 565 g/mol. The lowest BCUT2D eigenvalue weighted by atomic mass is 9.48. The number of carbonyl (C=O) groups excluding carboxylic acids is 1. The summed E-state index contributed by atoms with van der Waals surface area (Å²) in [5, 5.41) is 23.8. The van der Waals surface area contributed by atoms with E-state index in [1.807, 2.05) is 0 Å². The summed E-state index contributed by atoms with van der Waals surface area (Å²) in [7, 11) is 0. The molecule has 0 aromatic heterocycles. The van der Waals surface area contributed by atoms with Gasteiger partial charge in [-0.25, -0.2) is 0 Å². The van der Waals surface area contributed by atoms with Crippen molar-refractivity contribution in [3.8, 4) is 11.5 Å². The Morgan fingerprint density at radius 1 is 1.07 bits per heavy atom. The molecule has 7 rings (SSSR count). The summed E-state index contributed by atoms with van der Waals surface area (Å²) >= 11 is 0. The first-order valence-electron chi connectivity index (χ1n) is 17.1. The van der Waals surface area contributed by atoms with Crippen molar-refractivity contribution in [2.24, 2.45) is 17.8 Å². The molecule has 1 aromatic rings. The minimum Gasteiger partial charge on any atom is -0.504 e. The molecule has 41 heavy (non-hydrogen) atoms. The van der Waals surface area contributed by atoms with Crippen LogP contribution in [0.2, 0.25) is 0 Å². The quantitative estimate of drug-likeness (QED) is 0.344. The van der Waals surface area contributed by atoms with Crippen molar-refractivity contribution in [2.75, 3.05) is 19.6 Å². The number of benzene rings is 1. The largest absolute Gasteiger partial charge is 0.504 e. The standard InChI is InChI=1S/C35H52N2O4/c1-23(2)21-37(30(39)11-7-6-10-24-8-4-3-5-9-24)27-16-17-35(40)29-20-26-14-15-28(38)32-31(26)34(35,33(27)41-32)18-19-36(29)22-25-12-13-25/h14-15,23-25,27,29,33,38,40H,3-13,16-22H2,1-2H3/t27?,29-,33?,34+,35?/m1/s1. The monoisotopic (exact) mass is 564 g/mol. The predicted molar refractivity (Wildman–Crippen MR) is 160 cm³/mol. The number of amides is 1. The molecule has 1 aromatic carbocycles. The fraction of sp³-hybridized carbons (Fsp3) is 0.800. The first-order valence-corrected chi connectivity index (χ1v) is 17.1. The number of aliphatic hydroxyl groups is 1. The van der Waals surface area contributed by atoms with Crippen molar-refractivity contribution in [1.29, 1.82) is 0 Å². The number of likely N-dealkylation sites (tertiary alicyclic amines) is 1. The molecule has 4 aliphatic carbocycles. The van der Waals surface area contributed by atoms with E-state index in [0.29, 0.717) is 31.1 Å². The van der Waals surface area contributed by atoms with Crippen LogP contribution >= 0.6 is 0 Å². The van der Waals surface area contributed by atoms with E-state index in [1.54, 1.807) is 6.07 Å². The molecule has 1 amide bonds. The topological polar surface area (TPSA) is 73.2 Å². The van der Waals surface area contributed by atoms with Gasteiger partial charge in [0, 0.05) is 31.1 Å². The highest BCUT2D eigenvalue weighted by Crippen LogP contribution is 2.66. The molecule has 2 heterocycles. The van der Waals surface area contributed by atoms with Gasteiger partial charge >= 0.3 is 0 Å². The van der Waals surface area contributed by atoms with E-state index in [1.165, 1.54) is 56.9 Å². The van der Waals surface area contributed by atoms with Crippen molar-refractivity contribution in [1.82, 2.24) is 9.80 Å². The van der Waals surface area contributed by atoms with Crippen LogP contribution in [0.4, 0.5) is 0 Å². The molecule has 1 spiro atoms. The van der Waals surface area contributed by atoms with Crippen LogP contribution in [0.25, 0.3) is 0 Å². The highest BCUT2D eigenvalue weighted by atomic mass is 16.5. The van der Waals surface area contributed by atoms with Crippen LogP contribution < -0.4 is 4.74 Å². The zero-order valence-electron chi connectivity index (χ0n) is 25.5. The molecule has 5 atom stereocenters. The van der Waals surface area contributed by atoms with E-state index >= 15 is 0 Å². The van der Waals surface area contributed by atoms with Crippen LogP contribution in [-0.4, -0.2) is 69.3 Å². The first-order chi connectivity index (χ1) is 19.8. The molecule has 6 aliphatic rings. The summed E-state index contributed by atoms with van der Waals surface area (Å²) in [6, 6.07) is 3.84. The van der Waals surface area contributed by atoms with E-state index in [0.717, 1.165) is 62.6 Å². The minimum absolute atomic E-state index is 0.0703. The van der Waals surface area contributed by atoms with Gasteiger partial charge in [0.25, 0.3) is 0 Å². The summed E-state index contributed by atoms with van der Waals surface area (Å²) in [6.45, 7) is 7.14. The fourth-order valence-corrected chi connectivity index (χ4v) is 9.92. The van der Waals surface area contributed by atoms with Crippen LogP contribution in [0.15, 0.2) is 12.1 Å². The van der Waals surface area contributed by atoms with Crippen molar-refractivity contribution >= 4 is 5.91 Å². The summed E-state index contributed by atoms with van der Waals surface area (Å²) in [6.07, 6.45) is 16.2. The third kappa shape index (κ3) is 4.61. The number of piperidine rings is 1. The second kappa shape index (κ2) is 10.7. The number of hydrogen-bond donors (Lipinski definition) is 2. The third-order valence-corrected chi connectivity index (χ3v) is 12.0. The van der Waals surface area contributed by atoms with Crippen molar-refractivity contribution in [3.05, 3.63) is 23.3 Å². The fourth-order valence-electron chi connectivity index (χ4n) is 9.92. The van der Waals surface area contributed by atoms with Gasteiger partial charge in [0.1, 0.15) is 6.10 Å². The average Bonchev–Trinajstić information content (AvgIpc) is 3.70. The number of phenolic OH excluding ortho intramolecular Hbond substituents is 1. The molecule has 0 radical (unpaired) electrons. The number of ether oxygens (including phenoxy) is 1. The number of hydrogen-bond acceptors (Lipinski definition) is 5. The number of rotatable bonds is 10. The highest BCUT2D eigenvalue weighted by molar-refractivity contribution is 5.77. The molecule has 3 unspecified atom stereocenters. The molecule has 3 saturated carbocycles. The number of aromatic hydroxyl groups is 1. The zero-order chi connectivity index (χ0) is 28.4. The Bertz CT molecular complexity index is 1140. The van der Waals surface area contributed by atoms with E-state index in [9.17, 15) is 15.0 Å². The Balaban J connectivity index is 1.16. The van der Waals surface area contributed by atoms with Gasteiger partial charge in [-0.05, 0) is 80.9 Å². The Kier molecular flexibility index (Phi) is 7.33. The minimum atomic E-state index is -0.903. The van der Waals surface area contributed by atoms with Crippen LogP contribution in [0.3, 0.4) is 0 Å². The smallest absolute Gasteiger partial charge is 0.222 e. The Labute approximate surface area is 246 Å². The number of carbonyl (C=O) groups is 1. The van der Waals surface area contributed by atoms with E-state index in [2.05, 4.69) is 29.7 Å². The van der Waals surface area contributed by atoms with Crippen LogP contribution in [0.1, 0.15) is 115 Å². The lowest BCUT2D eigenvalue weighted by molar-refractivity contribution is -0.202. The molecular formula is C35H52N2O4. The van der Waals surface area contributed by atoms with Crippen molar-refractivity contribution in [2.45, 2.75) is 139 Å². The second-order valence-corrected chi connectivity index (χ2v) is 15.1. The summed E-state index contributed by atoms with van der Waals surface area (Å²) in [5.41, 5.74) is 0.806. The van der Waals surface area contributed by atoms with Gasteiger partial charge < -0.3 is 19.8 Å². The molecule has 1 saturated heterocycles. The molecule has 2 aliphatic heterocycles. The highest BCUT2D eigenvalue weighted by Gasteiger charge is 2.73. The lowest BCUT2D eigenvalue weighted by Gasteiger charge is -2.65. The summed E-state index contributed by atoms with van der Waals surface area (Å²) in [4.78, 5) is 18.7. The molecule has 6 nitrogen and oxygen atoms in total. The lowest BCUT2D eigenvalue weighted by Crippen LogP contribution is -2.78. The maximum Gasteiger partial charge on any atom is 0.222 e. The van der Waals surface area contributed by atoms with E-state index in [4.69, 9.17) is 4.74 Å². The van der Waals surface area contributed by atoms with Crippen molar-refractivity contribution in [3.63, 3.8) is 0 Å². The predicted octanol–water partition coefficient (Wildman–Crippen LogP) is 5.95. The summed E-state index contributed by atoms with van der Waals surface area (Å²) < 4.78 is 6.81. The molecule has 6 heteroatoms. The Morgan fingerprint density at radius 2 is 1.88 bits per heavy atom. The van der Waals surface area contributed by atoms with Crippen molar-refractivity contribution < 1.29 is 19.7 Å². The first kappa shape index (κ1) is 28.0. The van der Waals surface area contributed by atoms with Crippen LogP contribution in [-0.2, 0) is 16.6 Å². The number of unbranched alkanes of at least 4 members (excludes halogenated alkanes) is 1. The van der Waals surface area contributed by atoms with Crippen LogP contribution in [0.5, 0.6) is 11.5 Å². The van der Waals surface area contributed by atoms with Gasteiger partial charge in [-0.15, -0.1) is 0 Å². The van der Waals surface area contributed by atoms with Gasteiger partial charge in [-0.1, -0.05) is 64.9 Å². The second-order valence-electron chi connectivity index (χ2n) is 15.1. The molecule has 226 valence electrons. The maximum absolute atomic E-state index is 14.0. The normalized spacial score (nSPS) is 34.4. The zero-order valence-corrected chi connectivity index (χ0v) is 25.5. The SMILES string of the molecule is CC(C)CN(C(=O)CCCCC1CCCCC1)C1CCC2(O)[C@H]3Cc4ccc(O)c5c4[C@@]2(CCN3CC2CC2)C1O5. The van der Waals surface area contributed by atoms with Gasteiger partial charge in [0.2, 0.25) is 5.91 Å². The van der Waals surface area contributed by atoms with E-state index in [-0.39, 0.29) is 29.8 Å². The number of nitrogens with zero attached hydrogens (tertiary/aromatic N) is 2. The molecule has 4 fully saturated rings. The maximum atomic E-state index is 14.0. The van der Waals surface area contributed by atoms with E-state index < -0.39 is 11.0 Å². The molecule has 2 N–H and O–H groups in total. The third-order valence-electron chi connectivity index (χ3n) is 12.0. The Hall–Kier alpha value is -1.79.